The molecule has 9 heteroatoms. The molecule has 0 fully saturated rings. The zero-order chi connectivity index (χ0) is 21.8. The van der Waals surface area contributed by atoms with Crippen LogP contribution >= 0.6 is 0 Å². The van der Waals surface area contributed by atoms with Crippen LogP contribution in [0.5, 0.6) is 5.75 Å². The van der Waals surface area contributed by atoms with E-state index in [2.05, 4.69) is 5.32 Å². The fourth-order valence-corrected chi connectivity index (χ4v) is 3.77. The van der Waals surface area contributed by atoms with Gasteiger partial charge in [0.05, 0.1) is 27.9 Å². The van der Waals surface area contributed by atoms with Crippen LogP contribution in [0.15, 0.2) is 29.1 Å². The van der Waals surface area contributed by atoms with E-state index in [0.717, 1.165) is 17.1 Å². The van der Waals surface area contributed by atoms with Crippen molar-refractivity contribution in [2.24, 2.45) is 5.41 Å². The Balaban J connectivity index is 1.87. The molecule has 0 saturated heterocycles. The van der Waals surface area contributed by atoms with Gasteiger partial charge in [-0.05, 0) is 32.4 Å². The number of nitrogens with two attached hydrogens (primary N) is 1. The number of ether oxygens (including phenoxy) is 1. The SMILES string of the molecule is CCCN1C(=O)C(C)(C)COc2cc(-n3c(N)c4c(cc3=O)C(=O)NC4=O)ccc21. The van der Waals surface area contributed by atoms with Crippen molar-refractivity contribution in [2.45, 2.75) is 27.2 Å². The maximum atomic E-state index is 13.0. The number of amides is 3. The number of benzene rings is 1. The van der Waals surface area contributed by atoms with E-state index >= 15 is 0 Å². The number of aromatic nitrogens is 1. The molecule has 3 N–H and O–H groups in total. The summed E-state index contributed by atoms with van der Waals surface area (Å²) in [5, 5.41) is 2.14. The highest BCUT2D eigenvalue weighted by Gasteiger charge is 2.38. The number of anilines is 2. The highest BCUT2D eigenvalue weighted by Crippen LogP contribution is 2.38. The van der Waals surface area contributed by atoms with E-state index in [1.54, 1.807) is 23.1 Å². The fraction of sp³-hybridized carbons (Fsp3) is 0.333. The van der Waals surface area contributed by atoms with Gasteiger partial charge in [0.1, 0.15) is 18.2 Å². The third-order valence-corrected chi connectivity index (χ3v) is 5.31. The average molecular weight is 410 g/mol. The lowest BCUT2D eigenvalue weighted by molar-refractivity contribution is -0.127. The molecule has 30 heavy (non-hydrogen) atoms. The van der Waals surface area contributed by atoms with Crippen LogP contribution in [0.1, 0.15) is 47.9 Å². The van der Waals surface area contributed by atoms with Crippen LogP contribution in [0, 0.1) is 5.41 Å². The summed E-state index contributed by atoms with van der Waals surface area (Å²) in [4.78, 5) is 51.3. The molecule has 3 amide bonds. The Bertz CT molecular complexity index is 1160. The minimum Gasteiger partial charge on any atom is -0.490 e. The summed E-state index contributed by atoms with van der Waals surface area (Å²) < 4.78 is 7.09. The summed E-state index contributed by atoms with van der Waals surface area (Å²) in [7, 11) is 0. The number of nitrogen functional groups attached to an aromatic ring is 1. The van der Waals surface area contributed by atoms with E-state index in [9.17, 15) is 19.2 Å². The van der Waals surface area contributed by atoms with Crippen molar-refractivity contribution in [3.8, 4) is 11.4 Å². The van der Waals surface area contributed by atoms with Gasteiger partial charge in [-0.3, -0.25) is 29.1 Å². The van der Waals surface area contributed by atoms with Crippen molar-refractivity contribution >= 4 is 29.2 Å². The first-order valence-corrected chi connectivity index (χ1v) is 9.66. The Morgan fingerprint density at radius 3 is 2.57 bits per heavy atom. The van der Waals surface area contributed by atoms with Gasteiger partial charge >= 0.3 is 0 Å². The molecular weight excluding hydrogens is 388 g/mol. The predicted molar refractivity (Wildman–Crippen MR) is 110 cm³/mol. The van der Waals surface area contributed by atoms with Gasteiger partial charge in [-0.1, -0.05) is 6.92 Å². The van der Waals surface area contributed by atoms with Gasteiger partial charge in [-0.15, -0.1) is 0 Å². The monoisotopic (exact) mass is 410 g/mol. The van der Waals surface area contributed by atoms with E-state index in [4.69, 9.17) is 10.5 Å². The summed E-state index contributed by atoms with van der Waals surface area (Å²) in [5.41, 5.74) is 5.76. The number of nitrogens with zero attached hydrogens (tertiary/aromatic N) is 2. The number of pyridine rings is 1. The normalized spacial score (nSPS) is 17.2. The Labute approximate surface area is 172 Å². The molecule has 0 atom stereocenters. The summed E-state index contributed by atoms with van der Waals surface area (Å²) in [5.74, 6) is -1.02. The zero-order valence-corrected chi connectivity index (χ0v) is 16.9. The van der Waals surface area contributed by atoms with E-state index in [1.807, 2.05) is 20.8 Å². The molecule has 4 rings (SSSR count). The number of carbonyl (C=O) groups excluding carboxylic acids is 3. The number of hydrogen-bond acceptors (Lipinski definition) is 6. The average Bonchev–Trinajstić information content (AvgIpc) is 2.93. The summed E-state index contributed by atoms with van der Waals surface area (Å²) in [6.07, 6.45) is 0.767. The van der Waals surface area contributed by atoms with Gasteiger partial charge in [0, 0.05) is 18.7 Å². The van der Waals surface area contributed by atoms with Crippen molar-refractivity contribution in [2.75, 3.05) is 23.8 Å². The van der Waals surface area contributed by atoms with Gasteiger partial charge in [-0.2, -0.15) is 0 Å². The van der Waals surface area contributed by atoms with Crippen LogP contribution in [-0.4, -0.2) is 35.4 Å². The van der Waals surface area contributed by atoms with Gasteiger partial charge in [0.2, 0.25) is 5.91 Å². The maximum absolute atomic E-state index is 13.0. The number of hydrogen-bond donors (Lipinski definition) is 2. The molecule has 2 aliphatic heterocycles. The van der Waals surface area contributed by atoms with E-state index < -0.39 is 22.8 Å². The molecule has 2 aromatic rings. The molecule has 0 bridgehead atoms. The summed E-state index contributed by atoms with van der Waals surface area (Å²) in [6.45, 7) is 6.33. The van der Waals surface area contributed by atoms with Crippen LogP contribution in [0.3, 0.4) is 0 Å². The molecule has 1 aromatic heterocycles. The first-order valence-electron chi connectivity index (χ1n) is 9.66. The van der Waals surface area contributed by atoms with E-state index in [-0.39, 0.29) is 29.5 Å². The van der Waals surface area contributed by atoms with Gasteiger partial charge in [0.15, 0.2) is 0 Å². The molecule has 0 aliphatic carbocycles. The molecule has 0 radical (unpaired) electrons. The molecule has 0 unspecified atom stereocenters. The Morgan fingerprint density at radius 1 is 1.13 bits per heavy atom. The molecule has 9 nitrogen and oxygen atoms in total. The number of fused-ring (bicyclic) bond motifs is 2. The van der Waals surface area contributed by atoms with Crippen molar-refractivity contribution in [1.82, 2.24) is 9.88 Å². The standard InChI is InChI=1S/C21H22N4O5/c1-4-7-24-13-6-5-11(8-14(13)30-10-21(2,3)20(24)29)25-15(26)9-12-16(17(25)22)19(28)23-18(12)27/h5-6,8-9H,4,7,10,22H2,1-3H3,(H,23,27,28). The second-order valence-electron chi connectivity index (χ2n) is 8.06. The topological polar surface area (TPSA) is 124 Å². The van der Waals surface area contributed by atoms with E-state index in [0.29, 0.717) is 23.7 Å². The van der Waals surface area contributed by atoms with Crippen LogP contribution in [0.4, 0.5) is 11.5 Å². The summed E-state index contributed by atoms with van der Waals surface area (Å²) in [6, 6.07) is 6.04. The highest BCUT2D eigenvalue weighted by molar-refractivity contribution is 6.23. The van der Waals surface area contributed by atoms with Crippen LogP contribution in [0.25, 0.3) is 5.69 Å². The molecule has 156 valence electrons. The van der Waals surface area contributed by atoms with Crippen molar-refractivity contribution in [1.29, 1.82) is 0 Å². The third-order valence-electron chi connectivity index (χ3n) is 5.31. The Hall–Kier alpha value is -3.62. The molecule has 2 aliphatic rings. The lowest BCUT2D eigenvalue weighted by Crippen LogP contribution is -2.42. The molecule has 3 heterocycles. The third kappa shape index (κ3) is 2.85. The number of carbonyl (C=O) groups is 3. The van der Waals surface area contributed by atoms with Gasteiger partial charge in [0.25, 0.3) is 17.4 Å². The molecule has 0 saturated carbocycles. The minimum absolute atomic E-state index is 0.0284. The Morgan fingerprint density at radius 2 is 1.87 bits per heavy atom. The van der Waals surface area contributed by atoms with Crippen LogP contribution in [-0.2, 0) is 4.79 Å². The first kappa shape index (κ1) is 19.7. The second-order valence-corrected chi connectivity index (χ2v) is 8.06. The predicted octanol–water partition coefficient (Wildman–Crippen LogP) is 1.46. The molecule has 0 spiro atoms. The fourth-order valence-electron chi connectivity index (χ4n) is 3.77. The Kier molecular flexibility index (Phi) is 4.41. The van der Waals surface area contributed by atoms with Gasteiger partial charge < -0.3 is 15.4 Å². The second kappa shape index (κ2) is 6.72. The maximum Gasteiger partial charge on any atom is 0.262 e. The number of rotatable bonds is 3. The largest absolute Gasteiger partial charge is 0.490 e. The smallest absolute Gasteiger partial charge is 0.262 e. The van der Waals surface area contributed by atoms with Gasteiger partial charge in [-0.25, -0.2) is 0 Å². The quantitative estimate of drug-likeness (QED) is 0.739. The molecule has 1 aromatic carbocycles. The van der Waals surface area contributed by atoms with Crippen molar-refractivity contribution < 1.29 is 19.1 Å². The molecular formula is C21H22N4O5. The minimum atomic E-state index is -0.712. The highest BCUT2D eigenvalue weighted by atomic mass is 16.5. The summed E-state index contributed by atoms with van der Waals surface area (Å²) >= 11 is 0. The van der Waals surface area contributed by atoms with Crippen molar-refractivity contribution in [3.05, 3.63) is 45.7 Å². The van der Waals surface area contributed by atoms with Crippen LogP contribution in [0.2, 0.25) is 0 Å². The van der Waals surface area contributed by atoms with Crippen LogP contribution < -0.4 is 26.2 Å². The lowest BCUT2D eigenvalue weighted by Gasteiger charge is -2.27. The van der Waals surface area contributed by atoms with E-state index in [1.165, 1.54) is 0 Å². The zero-order valence-electron chi connectivity index (χ0n) is 16.9. The number of imide groups is 1. The van der Waals surface area contributed by atoms with Crippen molar-refractivity contribution in [3.63, 3.8) is 0 Å². The first-order chi connectivity index (χ1) is 14.2. The lowest BCUT2D eigenvalue weighted by atomic mass is 9.93. The number of nitrogens with one attached hydrogen (secondary N) is 1.